The standard InChI is InChI=1S/C10H14N2O5S/c11-18(15,16)9-3-1-8(2-4-9)12-5-6-17-7-10(13)14/h1-4,12H,5-7H2,(H,13,14)(H2,11,15,16). The SMILES string of the molecule is NS(=O)(=O)c1ccc(NCCOCC(=O)O)cc1. The molecule has 0 atom stereocenters. The van der Waals surface area contributed by atoms with E-state index in [0.29, 0.717) is 12.2 Å². The molecule has 7 nitrogen and oxygen atoms in total. The molecule has 0 aromatic heterocycles. The quantitative estimate of drug-likeness (QED) is 0.595. The summed E-state index contributed by atoms with van der Waals surface area (Å²) in [6.07, 6.45) is 0. The largest absolute Gasteiger partial charge is 0.480 e. The molecule has 1 aromatic carbocycles. The molecule has 4 N–H and O–H groups in total. The number of hydrogen-bond donors (Lipinski definition) is 3. The van der Waals surface area contributed by atoms with E-state index < -0.39 is 16.0 Å². The van der Waals surface area contributed by atoms with Crippen LogP contribution in [0.2, 0.25) is 0 Å². The van der Waals surface area contributed by atoms with Crippen molar-refractivity contribution in [1.29, 1.82) is 0 Å². The van der Waals surface area contributed by atoms with Crippen LogP contribution in [0.15, 0.2) is 29.2 Å². The Morgan fingerprint density at radius 1 is 1.33 bits per heavy atom. The highest BCUT2D eigenvalue weighted by Gasteiger charge is 2.06. The van der Waals surface area contributed by atoms with Crippen LogP contribution < -0.4 is 10.5 Å². The van der Waals surface area contributed by atoms with Crippen molar-refractivity contribution in [3.05, 3.63) is 24.3 Å². The van der Waals surface area contributed by atoms with Crippen molar-refractivity contribution in [3.8, 4) is 0 Å². The van der Waals surface area contributed by atoms with Crippen LogP contribution >= 0.6 is 0 Å². The molecule has 0 heterocycles. The van der Waals surface area contributed by atoms with Gasteiger partial charge in [0.2, 0.25) is 10.0 Å². The van der Waals surface area contributed by atoms with Gasteiger partial charge in [-0.1, -0.05) is 0 Å². The topological polar surface area (TPSA) is 119 Å². The Morgan fingerprint density at radius 3 is 2.44 bits per heavy atom. The molecule has 0 bridgehead atoms. The van der Waals surface area contributed by atoms with Gasteiger partial charge < -0.3 is 15.2 Å². The van der Waals surface area contributed by atoms with E-state index in [4.69, 9.17) is 15.0 Å². The Labute approximate surface area is 105 Å². The maximum atomic E-state index is 11.0. The zero-order chi connectivity index (χ0) is 13.6. The number of nitrogens with one attached hydrogen (secondary N) is 1. The third-order valence-electron chi connectivity index (χ3n) is 1.98. The lowest BCUT2D eigenvalue weighted by atomic mass is 10.3. The number of benzene rings is 1. The van der Waals surface area contributed by atoms with Crippen LogP contribution in [0.3, 0.4) is 0 Å². The molecule has 0 aliphatic heterocycles. The van der Waals surface area contributed by atoms with Gasteiger partial charge in [0.1, 0.15) is 6.61 Å². The summed E-state index contributed by atoms with van der Waals surface area (Å²) >= 11 is 0. The van der Waals surface area contributed by atoms with E-state index in [1.54, 1.807) is 12.1 Å². The summed E-state index contributed by atoms with van der Waals surface area (Å²) in [7, 11) is -3.68. The van der Waals surface area contributed by atoms with Gasteiger partial charge in [-0.15, -0.1) is 0 Å². The van der Waals surface area contributed by atoms with Gasteiger partial charge in [0, 0.05) is 12.2 Å². The van der Waals surface area contributed by atoms with Crippen LogP contribution in [-0.4, -0.2) is 39.3 Å². The maximum absolute atomic E-state index is 11.0. The zero-order valence-electron chi connectivity index (χ0n) is 9.50. The minimum Gasteiger partial charge on any atom is -0.480 e. The summed E-state index contributed by atoms with van der Waals surface area (Å²) < 4.78 is 26.8. The summed E-state index contributed by atoms with van der Waals surface area (Å²) in [5.74, 6) is -1.02. The first kappa shape index (κ1) is 14.4. The Hall–Kier alpha value is -1.64. The van der Waals surface area contributed by atoms with Crippen molar-refractivity contribution in [2.45, 2.75) is 4.90 Å². The van der Waals surface area contributed by atoms with Crippen LogP contribution in [0, 0.1) is 0 Å². The van der Waals surface area contributed by atoms with Crippen LogP contribution in [0.5, 0.6) is 0 Å². The number of carboxylic acids is 1. The highest BCUT2D eigenvalue weighted by atomic mass is 32.2. The predicted octanol–water partition coefficient (Wildman–Crippen LogP) is -0.153. The smallest absolute Gasteiger partial charge is 0.329 e. The summed E-state index contributed by atoms with van der Waals surface area (Å²) in [6.45, 7) is 0.317. The number of hydrogen-bond acceptors (Lipinski definition) is 5. The fourth-order valence-electron chi connectivity index (χ4n) is 1.19. The third-order valence-corrected chi connectivity index (χ3v) is 2.91. The van der Waals surface area contributed by atoms with Crippen molar-refractivity contribution in [1.82, 2.24) is 0 Å². The molecule has 1 aromatic rings. The molecule has 0 amide bonds. The average molecular weight is 274 g/mol. The van der Waals surface area contributed by atoms with E-state index in [2.05, 4.69) is 5.32 Å². The van der Waals surface area contributed by atoms with Gasteiger partial charge in [-0.2, -0.15) is 0 Å². The fraction of sp³-hybridized carbons (Fsp3) is 0.300. The Bertz CT molecular complexity index is 498. The van der Waals surface area contributed by atoms with Crippen molar-refractivity contribution in [2.24, 2.45) is 5.14 Å². The lowest BCUT2D eigenvalue weighted by molar-refractivity contribution is -0.142. The normalized spacial score (nSPS) is 11.2. The highest BCUT2D eigenvalue weighted by molar-refractivity contribution is 7.89. The van der Waals surface area contributed by atoms with Crippen LogP contribution in [-0.2, 0) is 19.6 Å². The minimum absolute atomic E-state index is 0.0372. The molecule has 0 radical (unpaired) electrons. The number of nitrogens with two attached hydrogens (primary N) is 1. The first-order valence-corrected chi connectivity index (χ1v) is 6.60. The lowest BCUT2D eigenvalue weighted by Crippen LogP contribution is -2.14. The Kier molecular flexibility index (Phi) is 5.08. The van der Waals surface area contributed by atoms with Crippen LogP contribution in [0.1, 0.15) is 0 Å². The van der Waals surface area contributed by atoms with Crippen LogP contribution in [0.4, 0.5) is 5.69 Å². The lowest BCUT2D eigenvalue weighted by Gasteiger charge is -2.06. The van der Waals surface area contributed by atoms with Crippen molar-refractivity contribution >= 4 is 21.7 Å². The number of carbonyl (C=O) groups is 1. The van der Waals surface area contributed by atoms with E-state index in [-0.39, 0.29) is 18.1 Å². The molecule has 18 heavy (non-hydrogen) atoms. The van der Waals surface area contributed by atoms with E-state index >= 15 is 0 Å². The van der Waals surface area contributed by atoms with E-state index in [1.807, 2.05) is 0 Å². The fourth-order valence-corrected chi connectivity index (χ4v) is 1.70. The second kappa shape index (κ2) is 6.34. The molecule has 8 heteroatoms. The zero-order valence-corrected chi connectivity index (χ0v) is 10.3. The molecule has 0 saturated heterocycles. The number of aliphatic carboxylic acids is 1. The van der Waals surface area contributed by atoms with Crippen molar-refractivity contribution in [2.75, 3.05) is 25.1 Å². The highest BCUT2D eigenvalue weighted by Crippen LogP contribution is 2.12. The molecule has 1 rings (SSSR count). The molecular formula is C10H14N2O5S. The first-order valence-electron chi connectivity index (χ1n) is 5.06. The van der Waals surface area contributed by atoms with E-state index in [1.165, 1.54) is 12.1 Å². The minimum atomic E-state index is -3.68. The molecule has 0 aliphatic rings. The Morgan fingerprint density at radius 2 is 1.94 bits per heavy atom. The van der Waals surface area contributed by atoms with Crippen molar-refractivity contribution < 1.29 is 23.1 Å². The third kappa shape index (κ3) is 5.13. The number of rotatable bonds is 7. The van der Waals surface area contributed by atoms with Gasteiger partial charge in [-0.25, -0.2) is 18.4 Å². The molecule has 0 saturated carbocycles. The monoisotopic (exact) mass is 274 g/mol. The van der Waals surface area contributed by atoms with E-state index in [9.17, 15) is 13.2 Å². The molecule has 0 fully saturated rings. The number of ether oxygens (including phenoxy) is 1. The Balaban J connectivity index is 2.38. The second-order valence-electron chi connectivity index (χ2n) is 3.44. The molecule has 100 valence electrons. The van der Waals surface area contributed by atoms with Crippen molar-refractivity contribution in [3.63, 3.8) is 0 Å². The van der Waals surface area contributed by atoms with Gasteiger partial charge in [0.25, 0.3) is 0 Å². The van der Waals surface area contributed by atoms with Crippen LogP contribution in [0.25, 0.3) is 0 Å². The first-order chi connectivity index (χ1) is 8.39. The summed E-state index contributed by atoms with van der Waals surface area (Å²) in [6, 6.07) is 5.90. The summed E-state index contributed by atoms with van der Waals surface area (Å²) in [5, 5.41) is 16.2. The van der Waals surface area contributed by atoms with Gasteiger partial charge in [0.05, 0.1) is 11.5 Å². The second-order valence-corrected chi connectivity index (χ2v) is 5.00. The summed E-state index contributed by atoms with van der Waals surface area (Å²) in [5.41, 5.74) is 0.696. The number of carboxylic acid groups (broad SMARTS) is 1. The van der Waals surface area contributed by atoms with Gasteiger partial charge in [-0.05, 0) is 24.3 Å². The summed E-state index contributed by atoms with van der Waals surface area (Å²) in [4.78, 5) is 10.2. The number of anilines is 1. The molecule has 0 aliphatic carbocycles. The average Bonchev–Trinajstić information content (AvgIpc) is 2.27. The number of primary sulfonamides is 1. The number of sulfonamides is 1. The molecule has 0 spiro atoms. The molecule has 0 unspecified atom stereocenters. The maximum Gasteiger partial charge on any atom is 0.329 e. The molecular weight excluding hydrogens is 260 g/mol. The van der Waals surface area contributed by atoms with E-state index in [0.717, 1.165) is 0 Å². The predicted molar refractivity (Wildman–Crippen MR) is 64.8 cm³/mol. The van der Waals surface area contributed by atoms with Gasteiger partial charge in [0.15, 0.2) is 0 Å². The van der Waals surface area contributed by atoms with Gasteiger partial charge in [-0.3, -0.25) is 0 Å². The van der Waals surface area contributed by atoms with Gasteiger partial charge >= 0.3 is 5.97 Å².